The van der Waals surface area contributed by atoms with E-state index in [4.69, 9.17) is 0 Å². The van der Waals surface area contributed by atoms with Crippen molar-refractivity contribution in [2.75, 3.05) is 0 Å². The summed E-state index contributed by atoms with van der Waals surface area (Å²) in [6, 6.07) is 0. The van der Waals surface area contributed by atoms with Crippen LogP contribution in [0.25, 0.3) is 5.65 Å². The Kier molecular flexibility index (Phi) is 3.91. The molecule has 21 heavy (non-hydrogen) atoms. The maximum absolute atomic E-state index is 4.45. The van der Waals surface area contributed by atoms with Gasteiger partial charge in [0.25, 0.3) is 5.95 Å². The molecule has 3 rings (SSSR count). The summed E-state index contributed by atoms with van der Waals surface area (Å²) < 4.78 is 1.49. The van der Waals surface area contributed by atoms with Crippen LogP contribution < -0.4 is 14.8 Å². The summed E-state index contributed by atoms with van der Waals surface area (Å²) in [6.45, 7) is 7.96. The van der Waals surface area contributed by atoms with E-state index >= 15 is 0 Å². The molecule has 0 aromatic carbocycles. The van der Waals surface area contributed by atoms with Crippen molar-refractivity contribution in [3.05, 3.63) is 17.8 Å². The van der Waals surface area contributed by atoms with Gasteiger partial charge in [0.15, 0.2) is 5.69 Å². The predicted molar refractivity (Wildman–Crippen MR) is 68.0 cm³/mol. The van der Waals surface area contributed by atoms with E-state index in [1.807, 2.05) is 6.92 Å². The number of rotatable bonds is 2. The molecule has 0 saturated carbocycles. The van der Waals surface area contributed by atoms with Crippen LogP contribution >= 0.6 is 0 Å². The van der Waals surface area contributed by atoms with Crippen molar-refractivity contribution in [3.8, 4) is 0 Å². The van der Waals surface area contributed by atoms with Gasteiger partial charge in [0.2, 0.25) is 0 Å². The van der Waals surface area contributed by atoms with E-state index in [1.54, 1.807) is 0 Å². The fourth-order valence-electron chi connectivity index (χ4n) is 1.81. The molecule has 10 heteroatoms. The first-order chi connectivity index (χ1) is 9.45. The number of aromatic amines is 1. The molecule has 0 fully saturated rings. The average molecular weight is 331 g/mol. The van der Waals surface area contributed by atoms with Crippen molar-refractivity contribution in [3.63, 3.8) is 0 Å². The van der Waals surface area contributed by atoms with Crippen LogP contribution in [0.2, 0.25) is 0 Å². The minimum absolute atomic E-state index is 0. The standard InChI is InChI=1S/C11H14N9.Ni/c1-6-14-9-7(15-17-10-12-5-13-16-10)8(11(2,3)4)19-20(9)18-6;/h5H,1-4H3,(H-,12,13,14,16,18);/q-1;+2. The first-order valence-electron chi connectivity index (χ1n) is 6.13. The molecule has 3 aromatic rings. The zero-order valence-electron chi connectivity index (χ0n) is 12.0. The molecule has 0 atom stereocenters. The quantitative estimate of drug-likeness (QED) is 0.425. The molecule has 0 aliphatic rings. The molecule has 3 aromatic heterocycles. The number of H-pyrrole nitrogens is 1. The molecule has 0 saturated heterocycles. The fourth-order valence-corrected chi connectivity index (χ4v) is 1.81. The van der Waals surface area contributed by atoms with Crippen LogP contribution in [0, 0.1) is 6.92 Å². The largest absolute Gasteiger partial charge is 2.00 e. The van der Waals surface area contributed by atoms with Gasteiger partial charge in [0, 0.05) is 0 Å². The molecule has 9 nitrogen and oxygen atoms in total. The molecule has 3 heterocycles. The molecule has 112 valence electrons. The van der Waals surface area contributed by atoms with E-state index in [0.29, 0.717) is 23.1 Å². The Labute approximate surface area is 130 Å². The van der Waals surface area contributed by atoms with Crippen molar-refractivity contribution in [2.45, 2.75) is 33.1 Å². The van der Waals surface area contributed by atoms with Gasteiger partial charge in [-0.1, -0.05) is 31.4 Å². The Morgan fingerprint density at radius 2 is 2.00 bits per heavy atom. The van der Waals surface area contributed by atoms with Crippen LogP contribution in [0.15, 0.2) is 16.6 Å². The number of nitrogens with zero attached hydrogens (tertiary/aromatic N) is 8. The summed E-state index contributed by atoms with van der Waals surface area (Å²) in [5.74, 6) is 0.976. The second kappa shape index (κ2) is 5.36. The SMILES string of the molecule is Cc1nc2c(N=Nc3ncn[nH]3)c(C(C)(C)C)[n-][n+]2[n-]1.[Ni+2]. The minimum atomic E-state index is -0.188. The summed E-state index contributed by atoms with van der Waals surface area (Å²) in [6.07, 6.45) is 1.37. The van der Waals surface area contributed by atoms with Crippen molar-refractivity contribution in [2.24, 2.45) is 10.2 Å². The Balaban J connectivity index is 0.00000161. The topological polar surface area (TPSA) is 111 Å². The third-order valence-electron chi connectivity index (χ3n) is 2.68. The van der Waals surface area contributed by atoms with E-state index in [2.05, 4.69) is 61.4 Å². The van der Waals surface area contributed by atoms with E-state index in [0.717, 1.165) is 5.69 Å². The molecule has 0 spiro atoms. The average Bonchev–Trinajstić information content (AvgIpc) is 3.00. The van der Waals surface area contributed by atoms with Gasteiger partial charge in [-0.3, -0.25) is 0 Å². The number of hydrogen-bond acceptors (Lipinski definition) is 5. The number of hydrogen-bond donors (Lipinski definition) is 1. The summed E-state index contributed by atoms with van der Waals surface area (Å²) in [7, 11) is 0. The minimum Gasteiger partial charge on any atom is -0.509 e. The third-order valence-corrected chi connectivity index (χ3v) is 2.68. The molecule has 0 unspecified atom stereocenters. The smallest absolute Gasteiger partial charge is 0.509 e. The molecular weight excluding hydrogens is 317 g/mol. The van der Waals surface area contributed by atoms with Gasteiger partial charge < -0.3 is 14.8 Å². The summed E-state index contributed by atoms with van der Waals surface area (Å²) in [5, 5.41) is 23.2. The Morgan fingerprint density at radius 3 is 2.62 bits per heavy atom. The molecule has 1 N–H and O–H groups in total. The van der Waals surface area contributed by atoms with Crippen LogP contribution in [0.3, 0.4) is 0 Å². The van der Waals surface area contributed by atoms with Crippen LogP contribution in [0.1, 0.15) is 32.3 Å². The summed E-state index contributed by atoms with van der Waals surface area (Å²) in [5.41, 5.74) is 1.80. The first kappa shape index (κ1) is 15.3. The van der Waals surface area contributed by atoms with Gasteiger partial charge in [0.1, 0.15) is 6.33 Å². The summed E-state index contributed by atoms with van der Waals surface area (Å²) in [4.78, 5) is 8.24. The first-order valence-corrected chi connectivity index (χ1v) is 6.13. The summed E-state index contributed by atoms with van der Waals surface area (Å²) >= 11 is 0. The van der Waals surface area contributed by atoms with Crippen molar-refractivity contribution >= 4 is 17.3 Å². The van der Waals surface area contributed by atoms with Gasteiger partial charge in [-0.05, 0) is 12.3 Å². The molecule has 0 bridgehead atoms. The maximum Gasteiger partial charge on any atom is 2.00 e. The van der Waals surface area contributed by atoms with Gasteiger partial charge in [-0.25, -0.2) is 5.10 Å². The van der Waals surface area contributed by atoms with Gasteiger partial charge in [-0.2, -0.15) is 10.1 Å². The van der Waals surface area contributed by atoms with Crippen LogP contribution in [-0.4, -0.2) is 20.2 Å². The van der Waals surface area contributed by atoms with E-state index < -0.39 is 0 Å². The Hall–Kier alpha value is -2.09. The second-order valence-electron chi connectivity index (χ2n) is 5.43. The van der Waals surface area contributed by atoms with Crippen molar-refractivity contribution in [1.82, 2.24) is 30.4 Å². The van der Waals surface area contributed by atoms with Crippen LogP contribution in [0.5, 0.6) is 0 Å². The maximum atomic E-state index is 4.45. The second-order valence-corrected chi connectivity index (χ2v) is 5.43. The van der Waals surface area contributed by atoms with Gasteiger partial charge in [-0.15, -0.1) is 10.2 Å². The van der Waals surface area contributed by atoms with Crippen molar-refractivity contribution in [1.29, 1.82) is 0 Å². The van der Waals surface area contributed by atoms with E-state index in [1.165, 1.54) is 11.0 Å². The molecule has 0 radical (unpaired) electrons. The van der Waals surface area contributed by atoms with Crippen LogP contribution in [0.4, 0.5) is 11.6 Å². The van der Waals surface area contributed by atoms with Crippen molar-refractivity contribution < 1.29 is 21.1 Å². The fraction of sp³-hybridized carbons (Fsp3) is 0.455. The van der Waals surface area contributed by atoms with Crippen LogP contribution in [-0.2, 0) is 21.9 Å². The normalized spacial score (nSPS) is 12.2. The predicted octanol–water partition coefficient (Wildman–Crippen LogP) is 0.872. The number of azo groups is 1. The van der Waals surface area contributed by atoms with E-state index in [9.17, 15) is 0 Å². The number of aromatic nitrogens is 7. The van der Waals surface area contributed by atoms with E-state index in [-0.39, 0.29) is 21.9 Å². The molecular formula is C11H14N9Ni+. The molecule has 0 aliphatic carbocycles. The molecule has 0 aliphatic heterocycles. The monoisotopic (exact) mass is 330 g/mol. The Bertz CT molecular complexity index is 760. The number of aryl methyl sites for hydroxylation is 1. The number of nitrogens with one attached hydrogen (secondary N) is 1. The Morgan fingerprint density at radius 1 is 1.24 bits per heavy atom. The van der Waals surface area contributed by atoms with Gasteiger partial charge >= 0.3 is 22.1 Å². The zero-order valence-corrected chi connectivity index (χ0v) is 13.0. The number of fused-ring (bicyclic) bond motifs is 1. The third kappa shape index (κ3) is 2.85. The zero-order chi connectivity index (χ0) is 14.3. The molecule has 0 amide bonds. The van der Waals surface area contributed by atoms with Gasteiger partial charge in [0.05, 0.1) is 5.82 Å².